The van der Waals surface area contributed by atoms with Crippen LogP contribution >= 0.6 is 0 Å². The molecule has 0 unspecified atom stereocenters. The number of para-hydroxylation sites is 1. The first-order valence-corrected chi connectivity index (χ1v) is 6.31. The molecule has 2 aromatic rings. The van der Waals surface area contributed by atoms with E-state index in [1.807, 2.05) is 48.3 Å². The van der Waals surface area contributed by atoms with Gasteiger partial charge < -0.3 is 15.4 Å². The summed E-state index contributed by atoms with van der Waals surface area (Å²) >= 11 is 0. The summed E-state index contributed by atoms with van der Waals surface area (Å²) in [5.74, 6) is 0.314. The van der Waals surface area contributed by atoms with E-state index >= 15 is 0 Å². The molecule has 0 saturated heterocycles. The first kappa shape index (κ1) is 13.9. The number of nitrogens with zero attached hydrogens (tertiary/aromatic N) is 2. The van der Waals surface area contributed by atoms with Crippen molar-refractivity contribution in [2.45, 2.75) is 0 Å². The molecule has 0 atom stereocenters. The van der Waals surface area contributed by atoms with E-state index in [-0.39, 0.29) is 5.69 Å². The Morgan fingerprint density at radius 1 is 1.30 bits per heavy atom. The molecule has 1 aromatic carbocycles. The summed E-state index contributed by atoms with van der Waals surface area (Å²) in [5, 5.41) is 0. The van der Waals surface area contributed by atoms with Gasteiger partial charge in [-0.15, -0.1) is 0 Å². The third-order valence-corrected chi connectivity index (χ3v) is 2.88. The van der Waals surface area contributed by atoms with Crippen molar-refractivity contribution in [3.8, 4) is 5.75 Å². The number of rotatable bonds is 6. The topological polar surface area (TPSA) is 68.4 Å². The number of carbonyl (C=O) groups excluding carboxylic acids is 1. The van der Waals surface area contributed by atoms with E-state index in [1.54, 1.807) is 12.3 Å². The highest BCUT2D eigenvalue weighted by molar-refractivity contribution is 5.91. The van der Waals surface area contributed by atoms with E-state index in [2.05, 4.69) is 4.98 Å². The summed E-state index contributed by atoms with van der Waals surface area (Å²) in [7, 11) is 1.93. The molecule has 104 valence electrons. The normalized spacial score (nSPS) is 10.1. The Hall–Kier alpha value is -2.56. The maximum atomic E-state index is 11.1. The molecule has 5 nitrogen and oxygen atoms in total. The number of ether oxygens (including phenoxy) is 1. The molecule has 2 rings (SSSR count). The fraction of sp³-hybridized carbons (Fsp3) is 0.200. The zero-order chi connectivity index (χ0) is 14.4. The predicted molar refractivity (Wildman–Crippen MR) is 78.0 cm³/mol. The van der Waals surface area contributed by atoms with Crippen LogP contribution in [0.15, 0.2) is 48.7 Å². The fourth-order valence-electron chi connectivity index (χ4n) is 1.74. The lowest BCUT2D eigenvalue weighted by Crippen LogP contribution is -2.24. The SMILES string of the molecule is CN(CCOc1ccccc1)c1ccnc(C(N)=O)c1. The number of hydrogen-bond donors (Lipinski definition) is 1. The molecule has 0 spiro atoms. The van der Waals surface area contributed by atoms with Crippen molar-refractivity contribution in [1.29, 1.82) is 0 Å². The lowest BCUT2D eigenvalue weighted by molar-refractivity contribution is 0.0995. The molecule has 0 saturated carbocycles. The molecule has 5 heteroatoms. The minimum Gasteiger partial charge on any atom is -0.492 e. The molecule has 0 bridgehead atoms. The van der Waals surface area contributed by atoms with Crippen LogP contribution in [0, 0.1) is 0 Å². The first-order chi connectivity index (χ1) is 9.66. The Morgan fingerprint density at radius 3 is 2.75 bits per heavy atom. The second kappa shape index (κ2) is 6.56. The van der Waals surface area contributed by atoms with Gasteiger partial charge in [0, 0.05) is 18.9 Å². The van der Waals surface area contributed by atoms with Gasteiger partial charge in [-0.2, -0.15) is 0 Å². The van der Waals surface area contributed by atoms with Gasteiger partial charge in [-0.3, -0.25) is 9.78 Å². The van der Waals surface area contributed by atoms with Crippen molar-refractivity contribution in [2.24, 2.45) is 5.73 Å². The Morgan fingerprint density at radius 2 is 2.05 bits per heavy atom. The Balaban J connectivity index is 1.90. The van der Waals surface area contributed by atoms with Crippen LogP contribution in [0.4, 0.5) is 5.69 Å². The highest BCUT2D eigenvalue weighted by atomic mass is 16.5. The van der Waals surface area contributed by atoms with Gasteiger partial charge in [-0.05, 0) is 24.3 Å². The Bertz CT molecular complexity index is 572. The highest BCUT2D eigenvalue weighted by Crippen LogP contribution is 2.13. The number of benzene rings is 1. The van der Waals surface area contributed by atoms with Gasteiger partial charge in [0.15, 0.2) is 0 Å². The monoisotopic (exact) mass is 271 g/mol. The Kier molecular flexibility index (Phi) is 4.55. The predicted octanol–water partition coefficient (Wildman–Crippen LogP) is 1.70. The minimum absolute atomic E-state index is 0.262. The van der Waals surface area contributed by atoms with E-state index in [1.165, 1.54) is 0 Å². The Labute approximate surface area is 118 Å². The quantitative estimate of drug-likeness (QED) is 0.868. The number of amides is 1. The lowest BCUT2D eigenvalue weighted by Gasteiger charge is -2.19. The molecule has 1 aromatic heterocycles. The van der Waals surface area contributed by atoms with E-state index in [9.17, 15) is 4.79 Å². The standard InChI is InChI=1S/C15H17N3O2/c1-18(9-10-20-13-5-3-2-4-6-13)12-7-8-17-14(11-12)15(16)19/h2-8,11H,9-10H2,1H3,(H2,16,19). The second-order valence-corrected chi connectivity index (χ2v) is 4.35. The van der Waals surface area contributed by atoms with Crippen LogP contribution in [0.5, 0.6) is 5.75 Å². The molecule has 0 radical (unpaired) electrons. The number of aromatic nitrogens is 1. The largest absolute Gasteiger partial charge is 0.492 e. The first-order valence-electron chi connectivity index (χ1n) is 6.31. The van der Waals surface area contributed by atoms with Gasteiger partial charge >= 0.3 is 0 Å². The summed E-state index contributed by atoms with van der Waals surface area (Å²) < 4.78 is 5.63. The van der Waals surface area contributed by atoms with Gasteiger partial charge in [0.1, 0.15) is 18.1 Å². The third-order valence-electron chi connectivity index (χ3n) is 2.88. The van der Waals surface area contributed by atoms with Crippen molar-refractivity contribution in [3.05, 3.63) is 54.4 Å². The number of carbonyl (C=O) groups is 1. The van der Waals surface area contributed by atoms with E-state index in [0.717, 1.165) is 11.4 Å². The summed E-state index contributed by atoms with van der Waals surface area (Å²) in [5.41, 5.74) is 6.36. The maximum absolute atomic E-state index is 11.1. The average Bonchev–Trinajstić information content (AvgIpc) is 2.48. The van der Waals surface area contributed by atoms with Crippen molar-refractivity contribution < 1.29 is 9.53 Å². The fourth-order valence-corrected chi connectivity index (χ4v) is 1.74. The van der Waals surface area contributed by atoms with E-state index < -0.39 is 5.91 Å². The molecule has 20 heavy (non-hydrogen) atoms. The van der Waals surface area contributed by atoms with Crippen LogP contribution in [0.25, 0.3) is 0 Å². The molecule has 1 amide bonds. The maximum Gasteiger partial charge on any atom is 0.267 e. The minimum atomic E-state index is -0.527. The smallest absolute Gasteiger partial charge is 0.267 e. The van der Waals surface area contributed by atoms with E-state index in [4.69, 9.17) is 10.5 Å². The zero-order valence-corrected chi connectivity index (χ0v) is 11.3. The number of hydrogen-bond acceptors (Lipinski definition) is 4. The molecule has 1 heterocycles. The average molecular weight is 271 g/mol. The van der Waals surface area contributed by atoms with Crippen molar-refractivity contribution >= 4 is 11.6 Å². The molecule has 0 aliphatic rings. The molecule has 0 aliphatic carbocycles. The van der Waals surface area contributed by atoms with Gasteiger partial charge in [0.25, 0.3) is 5.91 Å². The molecule has 0 aliphatic heterocycles. The summed E-state index contributed by atoms with van der Waals surface area (Å²) in [6, 6.07) is 13.1. The van der Waals surface area contributed by atoms with Crippen LogP contribution in [-0.2, 0) is 0 Å². The summed E-state index contributed by atoms with van der Waals surface area (Å²) in [4.78, 5) is 17.0. The molecule has 2 N–H and O–H groups in total. The number of primary amides is 1. The van der Waals surface area contributed by atoms with Gasteiger partial charge in [-0.1, -0.05) is 18.2 Å². The van der Waals surface area contributed by atoms with Crippen molar-refractivity contribution in [1.82, 2.24) is 4.98 Å². The number of likely N-dealkylation sites (N-methyl/N-ethyl adjacent to an activating group) is 1. The molecular weight excluding hydrogens is 254 g/mol. The molecular formula is C15H17N3O2. The van der Waals surface area contributed by atoms with Crippen LogP contribution in [-0.4, -0.2) is 31.1 Å². The van der Waals surface area contributed by atoms with Crippen LogP contribution in [0.1, 0.15) is 10.5 Å². The second-order valence-electron chi connectivity index (χ2n) is 4.35. The third kappa shape index (κ3) is 3.71. The number of pyridine rings is 1. The van der Waals surface area contributed by atoms with Crippen LogP contribution in [0.3, 0.4) is 0 Å². The zero-order valence-electron chi connectivity index (χ0n) is 11.3. The summed E-state index contributed by atoms with van der Waals surface area (Å²) in [6.07, 6.45) is 1.57. The van der Waals surface area contributed by atoms with Gasteiger partial charge in [0.2, 0.25) is 0 Å². The van der Waals surface area contributed by atoms with Crippen LogP contribution < -0.4 is 15.4 Å². The van der Waals surface area contributed by atoms with Crippen LogP contribution in [0.2, 0.25) is 0 Å². The highest BCUT2D eigenvalue weighted by Gasteiger charge is 2.06. The van der Waals surface area contributed by atoms with Crippen molar-refractivity contribution in [2.75, 3.05) is 25.1 Å². The number of nitrogens with two attached hydrogens (primary N) is 1. The van der Waals surface area contributed by atoms with E-state index in [0.29, 0.717) is 13.2 Å². The van der Waals surface area contributed by atoms with Gasteiger partial charge in [-0.25, -0.2) is 0 Å². The van der Waals surface area contributed by atoms with Crippen molar-refractivity contribution in [3.63, 3.8) is 0 Å². The van der Waals surface area contributed by atoms with Gasteiger partial charge in [0.05, 0.1) is 6.54 Å². The summed E-state index contributed by atoms with van der Waals surface area (Å²) in [6.45, 7) is 1.24. The molecule has 0 fully saturated rings. The number of anilines is 1. The lowest BCUT2D eigenvalue weighted by atomic mass is 10.3.